The normalized spacial score (nSPS) is 12.4. The third-order valence-corrected chi connectivity index (χ3v) is 5.85. The van der Waals surface area contributed by atoms with Gasteiger partial charge in [-0.25, -0.2) is 4.79 Å². The first-order valence-corrected chi connectivity index (χ1v) is 12.0. The van der Waals surface area contributed by atoms with Crippen LogP contribution in [0.3, 0.4) is 0 Å². The van der Waals surface area contributed by atoms with Gasteiger partial charge in [-0.05, 0) is 36.5 Å². The summed E-state index contributed by atoms with van der Waals surface area (Å²) in [6, 6.07) is 18.7. The fourth-order valence-corrected chi connectivity index (χ4v) is 3.95. The Morgan fingerprint density at radius 1 is 0.944 bits per heavy atom. The highest BCUT2D eigenvalue weighted by molar-refractivity contribution is 5.95. The van der Waals surface area contributed by atoms with Crippen molar-refractivity contribution in [3.8, 4) is 17.1 Å². The monoisotopic (exact) mass is 489 g/mol. The molecule has 0 bridgehead atoms. The summed E-state index contributed by atoms with van der Waals surface area (Å²) in [6.07, 6.45) is 1.35. The molecule has 0 saturated heterocycles. The van der Waals surface area contributed by atoms with Gasteiger partial charge >= 0.3 is 12.0 Å². The molecular weight excluding hydrogens is 458 g/mol. The summed E-state index contributed by atoms with van der Waals surface area (Å²) in [4.78, 5) is 44.7. The van der Waals surface area contributed by atoms with Crippen LogP contribution >= 0.6 is 0 Å². The van der Waals surface area contributed by atoms with Crippen molar-refractivity contribution >= 4 is 17.7 Å². The summed E-state index contributed by atoms with van der Waals surface area (Å²) in [5, 5.41) is 12.3. The number of carbonyl (C=O) groups is 3. The smallest absolute Gasteiger partial charge is 0.354 e. The van der Waals surface area contributed by atoms with Gasteiger partial charge in [-0.1, -0.05) is 68.4 Å². The zero-order chi connectivity index (χ0) is 26.1. The van der Waals surface area contributed by atoms with Crippen molar-refractivity contribution in [2.75, 3.05) is 6.61 Å². The molecule has 0 saturated carbocycles. The second-order valence-electron chi connectivity index (χ2n) is 8.55. The molecular formula is C28H31N3O5. The van der Waals surface area contributed by atoms with Crippen LogP contribution in [0.5, 0.6) is 6.01 Å². The highest BCUT2D eigenvalue weighted by atomic mass is 16.5. The Kier molecular flexibility index (Phi) is 9.27. The fraction of sp³-hybridized carbons (Fsp3) is 0.321. The molecule has 0 radical (unpaired) electrons. The largest absolute Gasteiger partial charge is 0.477 e. The first-order valence-electron chi connectivity index (χ1n) is 12.0. The summed E-state index contributed by atoms with van der Waals surface area (Å²) < 4.78 is 5.24. The Labute approximate surface area is 210 Å². The Morgan fingerprint density at radius 3 is 2.19 bits per heavy atom. The number of rotatable bonds is 12. The molecule has 0 aliphatic carbocycles. The number of ether oxygens (including phenoxy) is 1. The van der Waals surface area contributed by atoms with Crippen LogP contribution in [0.15, 0.2) is 60.7 Å². The van der Waals surface area contributed by atoms with Gasteiger partial charge in [0, 0.05) is 24.4 Å². The Balaban J connectivity index is 1.82. The summed E-state index contributed by atoms with van der Waals surface area (Å²) in [6.45, 7) is 5.60. The predicted molar refractivity (Wildman–Crippen MR) is 136 cm³/mol. The second kappa shape index (κ2) is 12.6. The first kappa shape index (κ1) is 26.5. The summed E-state index contributed by atoms with van der Waals surface area (Å²) in [7, 11) is 0. The van der Waals surface area contributed by atoms with Gasteiger partial charge in [0.15, 0.2) is 5.69 Å². The van der Waals surface area contributed by atoms with Crippen LogP contribution in [0.2, 0.25) is 0 Å². The van der Waals surface area contributed by atoms with Gasteiger partial charge < -0.3 is 15.2 Å². The Bertz CT molecular complexity index is 1200. The van der Waals surface area contributed by atoms with E-state index in [-0.39, 0.29) is 41.7 Å². The average Bonchev–Trinajstić information content (AvgIpc) is 2.89. The van der Waals surface area contributed by atoms with E-state index in [1.807, 2.05) is 68.4 Å². The molecule has 1 aromatic heterocycles. The topological polar surface area (TPSA) is 118 Å². The van der Waals surface area contributed by atoms with Crippen LogP contribution in [-0.4, -0.2) is 45.4 Å². The number of carboxylic acids is 1. The van der Waals surface area contributed by atoms with E-state index in [0.29, 0.717) is 19.3 Å². The molecule has 36 heavy (non-hydrogen) atoms. The molecule has 2 atom stereocenters. The number of benzene rings is 2. The van der Waals surface area contributed by atoms with E-state index < -0.39 is 11.9 Å². The van der Waals surface area contributed by atoms with Crippen molar-refractivity contribution in [3.05, 3.63) is 77.6 Å². The van der Waals surface area contributed by atoms with Gasteiger partial charge in [0.1, 0.15) is 11.5 Å². The standard InChI is InChI=1S/C28H31N3O5/c1-4-25(32)18(3)15-22(16-19-11-13-21(14-12-19)20-9-7-6-8-10-20)29-26(33)23-17-24(27(34)35)31-28(30-23)36-5-2/h6-14,17-18,22H,4-5,15-16H2,1-3H3,(H,29,33)(H,34,35). The maximum atomic E-state index is 13.1. The van der Waals surface area contributed by atoms with Crippen LogP contribution in [0.1, 0.15) is 60.2 Å². The Morgan fingerprint density at radius 2 is 1.58 bits per heavy atom. The molecule has 3 aromatic rings. The highest BCUT2D eigenvalue weighted by Gasteiger charge is 2.23. The lowest BCUT2D eigenvalue weighted by Gasteiger charge is -2.22. The molecule has 2 aromatic carbocycles. The number of hydrogen-bond donors (Lipinski definition) is 2. The second-order valence-corrected chi connectivity index (χ2v) is 8.55. The molecule has 0 aliphatic rings. The number of nitrogens with zero attached hydrogens (tertiary/aromatic N) is 2. The third kappa shape index (κ3) is 7.21. The molecule has 188 valence electrons. The van der Waals surface area contributed by atoms with E-state index in [2.05, 4.69) is 15.3 Å². The van der Waals surface area contributed by atoms with Gasteiger partial charge in [0.25, 0.3) is 5.91 Å². The van der Waals surface area contributed by atoms with Crippen molar-refractivity contribution < 1.29 is 24.2 Å². The molecule has 1 heterocycles. The molecule has 3 rings (SSSR count). The third-order valence-electron chi connectivity index (χ3n) is 5.85. The molecule has 2 unspecified atom stereocenters. The highest BCUT2D eigenvalue weighted by Crippen LogP contribution is 2.21. The van der Waals surface area contributed by atoms with E-state index >= 15 is 0 Å². The van der Waals surface area contributed by atoms with Crippen LogP contribution in [0, 0.1) is 5.92 Å². The minimum atomic E-state index is -1.29. The van der Waals surface area contributed by atoms with E-state index in [9.17, 15) is 19.5 Å². The van der Waals surface area contributed by atoms with Gasteiger partial charge in [-0.3, -0.25) is 9.59 Å². The SMILES string of the molecule is CCOc1nc(C(=O)O)cc(C(=O)NC(Cc2ccc(-c3ccccc3)cc2)CC(C)C(=O)CC)n1. The lowest BCUT2D eigenvalue weighted by atomic mass is 9.91. The quantitative estimate of drug-likeness (QED) is 0.382. The van der Waals surface area contributed by atoms with E-state index in [4.69, 9.17) is 4.74 Å². The molecule has 1 amide bonds. The van der Waals surface area contributed by atoms with E-state index in [1.165, 1.54) is 0 Å². The number of amides is 1. The number of hydrogen-bond acceptors (Lipinski definition) is 6. The molecule has 8 nitrogen and oxygen atoms in total. The van der Waals surface area contributed by atoms with Crippen LogP contribution < -0.4 is 10.1 Å². The number of aromatic nitrogens is 2. The van der Waals surface area contributed by atoms with Crippen molar-refractivity contribution in [3.63, 3.8) is 0 Å². The maximum Gasteiger partial charge on any atom is 0.354 e. The van der Waals surface area contributed by atoms with Gasteiger partial charge in [0.2, 0.25) is 0 Å². The van der Waals surface area contributed by atoms with E-state index in [1.54, 1.807) is 6.92 Å². The van der Waals surface area contributed by atoms with Gasteiger partial charge in [0.05, 0.1) is 6.61 Å². The number of Topliss-reactive ketones (excluding diaryl/α,β-unsaturated/α-hetero) is 1. The summed E-state index contributed by atoms with van der Waals surface area (Å²) in [5.74, 6) is -1.97. The first-order chi connectivity index (χ1) is 17.3. The Hall–Kier alpha value is -4.07. The minimum Gasteiger partial charge on any atom is -0.477 e. The molecule has 0 spiro atoms. The number of carboxylic acid groups (broad SMARTS) is 1. The molecule has 0 aliphatic heterocycles. The minimum absolute atomic E-state index is 0.107. The van der Waals surface area contributed by atoms with Crippen molar-refractivity contribution in [2.24, 2.45) is 5.92 Å². The summed E-state index contributed by atoms with van der Waals surface area (Å²) in [5.41, 5.74) is 2.75. The number of aromatic carboxylic acids is 1. The van der Waals surface area contributed by atoms with Crippen molar-refractivity contribution in [1.82, 2.24) is 15.3 Å². The lowest BCUT2D eigenvalue weighted by Crippen LogP contribution is -2.39. The molecule has 0 fully saturated rings. The van der Waals surface area contributed by atoms with Crippen LogP contribution in [-0.2, 0) is 11.2 Å². The van der Waals surface area contributed by atoms with E-state index in [0.717, 1.165) is 22.8 Å². The lowest BCUT2D eigenvalue weighted by molar-refractivity contribution is -0.122. The van der Waals surface area contributed by atoms with Crippen LogP contribution in [0.25, 0.3) is 11.1 Å². The zero-order valence-corrected chi connectivity index (χ0v) is 20.7. The molecule has 2 N–H and O–H groups in total. The number of ketones is 1. The van der Waals surface area contributed by atoms with Gasteiger partial charge in [-0.15, -0.1) is 0 Å². The van der Waals surface area contributed by atoms with Gasteiger partial charge in [-0.2, -0.15) is 9.97 Å². The zero-order valence-electron chi connectivity index (χ0n) is 20.7. The number of carbonyl (C=O) groups excluding carboxylic acids is 2. The number of nitrogens with one attached hydrogen (secondary N) is 1. The van der Waals surface area contributed by atoms with Crippen molar-refractivity contribution in [2.45, 2.75) is 46.1 Å². The molecule has 8 heteroatoms. The van der Waals surface area contributed by atoms with Crippen molar-refractivity contribution in [1.29, 1.82) is 0 Å². The summed E-state index contributed by atoms with van der Waals surface area (Å²) >= 11 is 0. The van der Waals surface area contributed by atoms with Crippen LogP contribution in [0.4, 0.5) is 0 Å². The predicted octanol–water partition coefficient (Wildman–Crippen LogP) is 4.59. The average molecular weight is 490 g/mol. The maximum absolute atomic E-state index is 13.1. The fourth-order valence-electron chi connectivity index (χ4n) is 3.95.